The fraction of sp³-hybridized carbons (Fsp3) is 0.0714. The summed E-state index contributed by atoms with van der Waals surface area (Å²) >= 11 is 6.02. The van der Waals surface area contributed by atoms with Crippen molar-refractivity contribution in [2.45, 2.75) is 6.42 Å². The highest BCUT2D eigenvalue weighted by Gasteiger charge is 2.17. The number of Topliss-reactive ketones (excluding diaryl/α,β-unsaturated/α-hetero) is 1. The lowest BCUT2D eigenvalue weighted by Crippen LogP contribution is -2.07. The zero-order valence-corrected chi connectivity index (χ0v) is 13.1. The van der Waals surface area contributed by atoms with Crippen molar-refractivity contribution in [3.05, 3.63) is 67.9 Å². The minimum absolute atomic E-state index is 0.0418. The Labute approximate surface area is 130 Å². The van der Waals surface area contributed by atoms with Gasteiger partial charge in [0.2, 0.25) is 0 Å². The molecule has 0 N–H and O–H groups in total. The molecule has 0 atom stereocenters. The molecule has 104 valence electrons. The number of hydrogen-bond acceptors (Lipinski definition) is 1. The molecule has 1 nitrogen and oxygen atoms in total. The van der Waals surface area contributed by atoms with Crippen LogP contribution < -0.4 is 0 Å². The highest BCUT2D eigenvalue weighted by molar-refractivity contribution is 9.10. The number of carbonyl (C=O) groups is 1. The van der Waals surface area contributed by atoms with E-state index in [1.54, 1.807) is 0 Å². The normalized spacial score (nSPS) is 10.7. The third-order valence-corrected chi connectivity index (χ3v) is 4.22. The predicted molar refractivity (Wildman–Crippen MR) is 76.2 cm³/mol. The van der Waals surface area contributed by atoms with E-state index in [1.807, 2.05) is 0 Å². The largest absolute Gasteiger partial charge is 0.294 e. The van der Waals surface area contributed by atoms with Crippen LogP contribution in [-0.2, 0) is 6.42 Å². The smallest absolute Gasteiger partial charge is 0.173 e. The van der Waals surface area contributed by atoms with Crippen LogP contribution in [0.5, 0.6) is 0 Å². The van der Waals surface area contributed by atoms with Gasteiger partial charge in [0, 0.05) is 16.5 Å². The lowest BCUT2D eigenvalue weighted by Gasteiger charge is -2.07. The van der Waals surface area contributed by atoms with Crippen LogP contribution in [0.2, 0.25) is 0 Å². The van der Waals surface area contributed by atoms with Gasteiger partial charge in [-0.3, -0.25) is 4.79 Å². The van der Waals surface area contributed by atoms with E-state index < -0.39 is 23.2 Å². The van der Waals surface area contributed by atoms with Gasteiger partial charge in [0.1, 0.15) is 5.82 Å². The monoisotopic (exact) mass is 406 g/mol. The standard InChI is InChI=1S/C14H7Br2F3O/c15-10-6-8(17)2-1-7(10)5-12(20)9-3-4-11(18)14(19)13(9)16/h1-4,6H,5H2. The van der Waals surface area contributed by atoms with E-state index in [0.717, 1.165) is 6.07 Å². The van der Waals surface area contributed by atoms with Crippen LogP contribution in [0.25, 0.3) is 0 Å². The van der Waals surface area contributed by atoms with Gasteiger partial charge < -0.3 is 0 Å². The van der Waals surface area contributed by atoms with E-state index in [4.69, 9.17) is 0 Å². The second-order valence-electron chi connectivity index (χ2n) is 4.06. The van der Waals surface area contributed by atoms with Crippen LogP contribution >= 0.6 is 31.9 Å². The quantitative estimate of drug-likeness (QED) is 0.513. The first-order valence-corrected chi connectivity index (χ1v) is 7.09. The molecule has 2 aromatic rings. The summed E-state index contributed by atoms with van der Waals surface area (Å²) in [5, 5.41) is 0. The Morgan fingerprint density at radius 1 is 1.05 bits per heavy atom. The number of halogens is 5. The second-order valence-corrected chi connectivity index (χ2v) is 5.71. The average molecular weight is 408 g/mol. The third-order valence-electron chi connectivity index (χ3n) is 2.70. The van der Waals surface area contributed by atoms with Gasteiger partial charge in [-0.1, -0.05) is 22.0 Å². The zero-order valence-electron chi connectivity index (χ0n) is 9.89. The summed E-state index contributed by atoms with van der Waals surface area (Å²) in [6.45, 7) is 0. The lowest BCUT2D eigenvalue weighted by molar-refractivity contribution is 0.0991. The van der Waals surface area contributed by atoms with Crippen molar-refractivity contribution in [1.82, 2.24) is 0 Å². The molecule has 2 aromatic carbocycles. The maximum atomic E-state index is 13.4. The van der Waals surface area contributed by atoms with E-state index in [0.29, 0.717) is 10.0 Å². The Bertz CT molecular complexity index is 686. The van der Waals surface area contributed by atoms with Crippen molar-refractivity contribution in [3.63, 3.8) is 0 Å². The third kappa shape index (κ3) is 3.12. The summed E-state index contributed by atoms with van der Waals surface area (Å²) in [5.41, 5.74) is 0.605. The first kappa shape index (κ1) is 15.3. The van der Waals surface area contributed by atoms with Crippen LogP contribution in [0.1, 0.15) is 15.9 Å². The molecule has 20 heavy (non-hydrogen) atoms. The Balaban J connectivity index is 2.31. The molecule has 0 amide bonds. The Morgan fingerprint density at radius 2 is 1.75 bits per heavy atom. The van der Waals surface area contributed by atoms with Crippen LogP contribution in [0.3, 0.4) is 0 Å². The van der Waals surface area contributed by atoms with E-state index >= 15 is 0 Å². The number of hydrogen-bond donors (Lipinski definition) is 0. The van der Waals surface area contributed by atoms with Crippen molar-refractivity contribution >= 4 is 37.6 Å². The van der Waals surface area contributed by atoms with Crippen LogP contribution in [0.4, 0.5) is 13.2 Å². The molecule has 0 radical (unpaired) electrons. The molecule has 0 heterocycles. The maximum Gasteiger partial charge on any atom is 0.173 e. The number of ketones is 1. The highest BCUT2D eigenvalue weighted by Crippen LogP contribution is 2.26. The SMILES string of the molecule is O=C(Cc1ccc(F)cc1Br)c1ccc(F)c(F)c1Br. The van der Waals surface area contributed by atoms with Crippen molar-refractivity contribution < 1.29 is 18.0 Å². The first-order chi connectivity index (χ1) is 9.40. The maximum absolute atomic E-state index is 13.4. The fourth-order valence-electron chi connectivity index (χ4n) is 1.67. The Kier molecular flexibility index (Phi) is 4.65. The Morgan fingerprint density at radius 3 is 2.40 bits per heavy atom. The van der Waals surface area contributed by atoms with Gasteiger partial charge in [0.25, 0.3) is 0 Å². The fourth-order valence-corrected chi connectivity index (χ4v) is 2.71. The molecule has 0 aliphatic heterocycles. The summed E-state index contributed by atoms with van der Waals surface area (Å²) in [6.07, 6.45) is -0.0511. The lowest BCUT2D eigenvalue weighted by atomic mass is 10.0. The molecule has 0 fully saturated rings. The molecule has 0 unspecified atom stereocenters. The van der Waals surface area contributed by atoms with Crippen LogP contribution in [-0.4, -0.2) is 5.78 Å². The summed E-state index contributed by atoms with van der Waals surface area (Å²) in [5.74, 6) is -2.96. The molecule has 6 heteroatoms. The molecule has 0 aliphatic rings. The zero-order chi connectivity index (χ0) is 14.9. The van der Waals surface area contributed by atoms with Gasteiger partial charge in [-0.25, -0.2) is 13.2 Å². The number of carbonyl (C=O) groups excluding carboxylic acids is 1. The van der Waals surface area contributed by atoms with Crippen molar-refractivity contribution in [2.75, 3.05) is 0 Å². The van der Waals surface area contributed by atoms with E-state index in [-0.39, 0.29) is 16.5 Å². The summed E-state index contributed by atoms with van der Waals surface area (Å²) < 4.78 is 39.6. The molecule has 0 spiro atoms. The van der Waals surface area contributed by atoms with Crippen LogP contribution in [0, 0.1) is 17.5 Å². The predicted octanol–water partition coefficient (Wildman–Crippen LogP) is 5.05. The van der Waals surface area contributed by atoms with Gasteiger partial charge in [0.05, 0.1) is 4.47 Å². The summed E-state index contributed by atoms with van der Waals surface area (Å²) in [7, 11) is 0. The second kappa shape index (κ2) is 6.10. The van der Waals surface area contributed by atoms with E-state index in [2.05, 4.69) is 31.9 Å². The van der Waals surface area contributed by atoms with Crippen LogP contribution in [0.15, 0.2) is 39.3 Å². The highest BCUT2D eigenvalue weighted by atomic mass is 79.9. The average Bonchev–Trinajstić information content (AvgIpc) is 2.39. The molecular formula is C14H7Br2F3O. The van der Waals surface area contributed by atoms with Gasteiger partial charge in [-0.2, -0.15) is 0 Å². The van der Waals surface area contributed by atoms with Crippen molar-refractivity contribution in [2.24, 2.45) is 0 Å². The number of benzene rings is 2. The minimum atomic E-state index is -1.10. The molecule has 0 aliphatic carbocycles. The van der Waals surface area contributed by atoms with E-state index in [9.17, 15) is 18.0 Å². The Hall–Kier alpha value is -1.14. The molecule has 0 aromatic heterocycles. The molecule has 2 rings (SSSR count). The van der Waals surface area contributed by atoms with Gasteiger partial charge >= 0.3 is 0 Å². The van der Waals surface area contributed by atoms with Crippen molar-refractivity contribution in [3.8, 4) is 0 Å². The molecule has 0 bridgehead atoms. The number of rotatable bonds is 3. The van der Waals surface area contributed by atoms with Gasteiger partial charge in [-0.05, 0) is 45.8 Å². The van der Waals surface area contributed by atoms with Crippen molar-refractivity contribution in [1.29, 1.82) is 0 Å². The molecule has 0 saturated heterocycles. The van der Waals surface area contributed by atoms with Gasteiger partial charge in [-0.15, -0.1) is 0 Å². The summed E-state index contributed by atoms with van der Waals surface area (Å²) in [4.78, 5) is 12.1. The summed E-state index contributed by atoms with van der Waals surface area (Å²) in [6, 6.07) is 6.04. The topological polar surface area (TPSA) is 17.1 Å². The minimum Gasteiger partial charge on any atom is -0.294 e. The molecular weight excluding hydrogens is 401 g/mol. The first-order valence-electron chi connectivity index (χ1n) is 5.50. The van der Waals surface area contributed by atoms with Gasteiger partial charge in [0.15, 0.2) is 17.4 Å². The molecule has 0 saturated carbocycles. The van der Waals surface area contributed by atoms with E-state index in [1.165, 1.54) is 24.3 Å².